The Balaban J connectivity index is 1.43. The summed E-state index contributed by atoms with van der Waals surface area (Å²) in [5, 5.41) is 11.0. The van der Waals surface area contributed by atoms with Crippen molar-refractivity contribution in [2.24, 2.45) is 11.8 Å². The number of ether oxygens (including phenoxy) is 1. The first-order valence-electron chi connectivity index (χ1n) is 10.9. The van der Waals surface area contributed by atoms with Gasteiger partial charge in [0.2, 0.25) is 0 Å². The van der Waals surface area contributed by atoms with Crippen LogP contribution in [0.5, 0.6) is 5.75 Å². The molecule has 0 amide bonds. The molecular weight excluding hydrogens is 374 g/mol. The molecule has 2 aromatic carbocycles. The summed E-state index contributed by atoms with van der Waals surface area (Å²) in [5.74, 6) is 0.153. The predicted octanol–water partition coefficient (Wildman–Crippen LogP) is 6.20. The maximum Gasteiger partial charge on any atom is 0.311 e. The van der Waals surface area contributed by atoms with Gasteiger partial charge in [-0.2, -0.15) is 0 Å². The van der Waals surface area contributed by atoms with Crippen molar-refractivity contribution in [3.05, 3.63) is 71.9 Å². The van der Waals surface area contributed by atoms with Gasteiger partial charge < -0.3 is 9.84 Å². The molecule has 2 unspecified atom stereocenters. The number of fused-ring (bicyclic) bond motifs is 1. The van der Waals surface area contributed by atoms with E-state index >= 15 is 0 Å². The van der Waals surface area contributed by atoms with Crippen molar-refractivity contribution in [1.82, 2.24) is 4.98 Å². The van der Waals surface area contributed by atoms with Crippen LogP contribution < -0.4 is 4.74 Å². The van der Waals surface area contributed by atoms with Crippen LogP contribution in [0.3, 0.4) is 0 Å². The third-order valence-electron chi connectivity index (χ3n) is 6.47. The molecule has 156 valence electrons. The van der Waals surface area contributed by atoms with E-state index < -0.39 is 11.9 Å². The van der Waals surface area contributed by atoms with Gasteiger partial charge in [0.15, 0.2) is 0 Å². The number of aliphatic carboxylic acids is 1. The zero-order chi connectivity index (χ0) is 20.9. The van der Waals surface area contributed by atoms with Crippen molar-refractivity contribution in [1.29, 1.82) is 0 Å². The second-order valence-corrected chi connectivity index (χ2v) is 8.43. The van der Waals surface area contributed by atoms with Crippen molar-refractivity contribution in [3.63, 3.8) is 0 Å². The number of hydrogen-bond donors (Lipinski definition) is 1. The molecule has 1 aliphatic rings. The first kappa shape index (κ1) is 20.4. The fourth-order valence-electron chi connectivity index (χ4n) is 4.72. The second kappa shape index (κ2) is 9.29. The summed E-state index contributed by atoms with van der Waals surface area (Å²) in [7, 11) is 0. The number of pyridine rings is 1. The Hall–Kier alpha value is -2.88. The molecule has 3 aromatic rings. The molecular formula is C26H29NO3. The lowest BCUT2D eigenvalue weighted by molar-refractivity contribution is -0.140. The summed E-state index contributed by atoms with van der Waals surface area (Å²) < 4.78 is 5.90. The normalized spacial score (nSPS) is 16.8. The van der Waals surface area contributed by atoms with Crippen molar-refractivity contribution in [2.45, 2.75) is 51.6 Å². The lowest BCUT2D eigenvalue weighted by atomic mass is 9.73. The number of carboxylic acid groups (broad SMARTS) is 1. The Kier molecular flexibility index (Phi) is 6.32. The average molecular weight is 404 g/mol. The largest absolute Gasteiger partial charge is 0.487 e. The summed E-state index contributed by atoms with van der Waals surface area (Å²) in [6.45, 7) is 2.48. The molecule has 0 bridgehead atoms. The predicted molar refractivity (Wildman–Crippen MR) is 119 cm³/mol. The molecule has 1 N–H and O–H groups in total. The number of nitrogens with zero attached hydrogens (tertiary/aromatic N) is 1. The Morgan fingerprint density at radius 2 is 1.77 bits per heavy atom. The Morgan fingerprint density at radius 1 is 1.03 bits per heavy atom. The molecule has 1 saturated carbocycles. The summed E-state index contributed by atoms with van der Waals surface area (Å²) in [5.41, 5.74) is 2.68. The molecule has 0 aliphatic heterocycles. The third-order valence-corrected chi connectivity index (χ3v) is 6.47. The number of benzene rings is 2. The zero-order valence-electron chi connectivity index (χ0n) is 17.5. The van der Waals surface area contributed by atoms with Gasteiger partial charge in [-0.15, -0.1) is 0 Å². The quantitative estimate of drug-likeness (QED) is 0.510. The van der Waals surface area contributed by atoms with Crippen LogP contribution in [0, 0.1) is 11.8 Å². The summed E-state index contributed by atoms with van der Waals surface area (Å²) >= 11 is 0. The highest BCUT2D eigenvalue weighted by molar-refractivity contribution is 5.78. The molecule has 30 heavy (non-hydrogen) atoms. The van der Waals surface area contributed by atoms with Crippen LogP contribution >= 0.6 is 0 Å². The molecule has 4 rings (SSSR count). The van der Waals surface area contributed by atoms with Gasteiger partial charge in [-0.25, -0.2) is 4.98 Å². The minimum atomic E-state index is -0.734. The summed E-state index contributed by atoms with van der Waals surface area (Å²) in [4.78, 5) is 16.7. The topological polar surface area (TPSA) is 59.4 Å². The van der Waals surface area contributed by atoms with E-state index in [-0.39, 0.29) is 5.92 Å². The maximum atomic E-state index is 12.0. The summed E-state index contributed by atoms with van der Waals surface area (Å²) in [6, 6.07) is 19.6. The van der Waals surface area contributed by atoms with Crippen LogP contribution in [0.15, 0.2) is 60.7 Å². The molecule has 2 atom stereocenters. The van der Waals surface area contributed by atoms with E-state index in [2.05, 4.69) is 11.9 Å². The molecule has 0 radical (unpaired) electrons. The molecule has 4 nitrogen and oxygen atoms in total. The van der Waals surface area contributed by atoms with E-state index in [1.165, 1.54) is 19.3 Å². The van der Waals surface area contributed by atoms with Crippen molar-refractivity contribution < 1.29 is 14.6 Å². The zero-order valence-corrected chi connectivity index (χ0v) is 17.5. The van der Waals surface area contributed by atoms with E-state index in [0.717, 1.165) is 40.8 Å². The Morgan fingerprint density at radius 3 is 2.50 bits per heavy atom. The van der Waals surface area contributed by atoms with Gasteiger partial charge >= 0.3 is 5.97 Å². The Labute approximate surface area is 177 Å². The first-order chi connectivity index (χ1) is 14.6. The monoisotopic (exact) mass is 403 g/mol. The van der Waals surface area contributed by atoms with Crippen LogP contribution in [0.25, 0.3) is 10.9 Å². The standard InChI is InChI=1S/C26H29NO3/c1-18(19-7-3-2-4-8-19)25(26(28)29)21-12-15-23(16-13-21)30-17-22-14-11-20-9-5-6-10-24(20)27-22/h5-6,9-16,18-19,25H,2-4,7-8,17H2,1H3,(H,28,29). The lowest BCUT2D eigenvalue weighted by Gasteiger charge is -2.31. The molecule has 4 heteroatoms. The van der Waals surface area contributed by atoms with Gasteiger partial charge in [0.05, 0.1) is 17.1 Å². The summed E-state index contributed by atoms with van der Waals surface area (Å²) in [6.07, 6.45) is 6.00. The van der Waals surface area contributed by atoms with Gasteiger partial charge in [0, 0.05) is 5.39 Å². The van der Waals surface area contributed by atoms with E-state index in [1.807, 2.05) is 60.7 Å². The highest BCUT2D eigenvalue weighted by Gasteiger charge is 2.32. The van der Waals surface area contributed by atoms with Crippen molar-refractivity contribution >= 4 is 16.9 Å². The molecule has 1 aliphatic carbocycles. The SMILES string of the molecule is CC(C1CCCCC1)C(C(=O)O)c1ccc(OCc2ccc3ccccc3n2)cc1. The number of rotatable bonds is 7. The highest BCUT2D eigenvalue weighted by atomic mass is 16.5. The van der Waals surface area contributed by atoms with Crippen LogP contribution in [0.1, 0.15) is 56.2 Å². The van der Waals surface area contributed by atoms with Gasteiger partial charge in [0.1, 0.15) is 12.4 Å². The number of para-hydroxylation sites is 1. The molecule has 0 saturated heterocycles. The van der Waals surface area contributed by atoms with Crippen LogP contribution in [0.2, 0.25) is 0 Å². The minimum Gasteiger partial charge on any atom is -0.487 e. The van der Waals surface area contributed by atoms with E-state index in [9.17, 15) is 9.90 Å². The van der Waals surface area contributed by atoms with Gasteiger partial charge in [-0.05, 0) is 41.7 Å². The number of hydrogen-bond acceptors (Lipinski definition) is 3. The lowest BCUT2D eigenvalue weighted by Crippen LogP contribution is -2.27. The average Bonchev–Trinajstić information content (AvgIpc) is 2.79. The molecule has 1 heterocycles. The Bertz CT molecular complexity index is 993. The van der Waals surface area contributed by atoms with Gasteiger partial charge in [0.25, 0.3) is 0 Å². The van der Waals surface area contributed by atoms with Crippen LogP contribution in [-0.4, -0.2) is 16.1 Å². The smallest absolute Gasteiger partial charge is 0.311 e. The van der Waals surface area contributed by atoms with E-state index in [0.29, 0.717) is 12.5 Å². The maximum absolute atomic E-state index is 12.0. The number of aromatic nitrogens is 1. The third kappa shape index (κ3) is 4.64. The van der Waals surface area contributed by atoms with Crippen molar-refractivity contribution in [3.8, 4) is 5.75 Å². The van der Waals surface area contributed by atoms with E-state index in [4.69, 9.17) is 4.74 Å². The van der Waals surface area contributed by atoms with Crippen molar-refractivity contribution in [2.75, 3.05) is 0 Å². The van der Waals surface area contributed by atoms with Gasteiger partial charge in [-0.3, -0.25) is 4.79 Å². The number of carboxylic acids is 1. The first-order valence-corrected chi connectivity index (χ1v) is 10.9. The fraction of sp³-hybridized carbons (Fsp3) is 0.385. The highest BCUT2D eigenvalue weighted by Crippen LogP contribution is 2.38. The van der Waals surface area contributed by atoms with Crippen LogP contribution in [-0.2, 0) is 11.4 Å². The molecule has 1 fully saturated rings. The molecule has 0 spiro atoms. The molecule has 1 aromatic heterocycles. The minimum absolute atomic E-state index is 0.136. The van der Waals surface area contributed by atoms with Gasteiger partial charge in [-0.1, -0.05) is 75.4 Å². The fourth-order valence-corrected chi connectivity index (χ4v) is 4.72. The van der Waals surface area contributed by atoms with Crippen LogP contribution in [0.4, 0.5) is 0 Å². The second-order valence-electron chi connectivity index (χ2n) is 8.43. The number of carbonyl (C=O) groups is 1. The van der Waals surface area contributed by atoms with E-state index in [1.54, 1.807) is 0 Å².